The molecule has 0 aliphatic carbocycles. The highest BCUT2D eigenvalue weighted by atomic mass is 16.4. The molecule has 3 aromatic rings. The van der Waals surface area contributed by atoms with Crippen LogP contribution in [0, 0.1) is 6.92 Å². The van der Waals surface area contributed by atoms with Crippen LogP contribution in [-0.4, -0.2) is 20.5 Å². The average molecular weight is 280 g/mol. The molecule has 0 aliphatic rings. The van der Waals surface area contributed by atoms with Gasteiger partial charge in [0.25, 0.3) is 0 Å². The molecule has 104 valence electrons. The van der Waals surface area contributed by atoms with Crippen molar-refractivity contribution in [1.29, 1.82) is 0 Å². The van der Waals surface area contributed by atoms with Crippen molar-refractivity contribution in [3.05, 3.63) is 59.9 Å². The summed E-state index contributed by atoms with van der Waals surface area (Å²) in [6.07, 6.45) is 1.72. The summed E-state index contributed by atoms with van der Waals surface area (Å²) >= 11 is 0. The van der Waals surface area contributed by atoms with Gasteiger partial charge in [-0.1, -0.05) is 24.3 Å². The molecule has 0 aliphatic heterocycles. The van der Waals surface area contributed by atoms with Crippen LogP contribution >= 0.6 is 0 Å². The highest BCUT2D eigenvalue weighted by Crippen LogP contribution is 2.25. The minimum Gasteiger partial charge on any atom is -0.476 e. The summed E-state index contributed by atoms with van der Waals surface area (Å²) in [5, 5.41) is 17.4. The second-order valence-corrected chi connectivity index (χ2v) is 4.51. The number of azo groups is 1. The third-order valence-electron chi connectivity index (χ3n) is 3.04. The van der Waals surface area contributed by atoms with Crippen LogP contribution < -0.4 is 0 Å². The van der Waals surface area contributed by atoms with Gasteiger partial charge in [0.2, 0.25) is 0 Å². The lowest BCUT2D eigenvalue weighted by Crippen LogP contribution is -1.96. The number of hydrogen-bond donors (Lipinski definition) is 1. The number of carbonyl (C=O) groups is 1. The normalized spacial score (nSPS) is 11.3. The van der Waals surface area contributed by atoms with Crippen LogP contribution in [0.2, 0.25) is 0 Å². The third kappa shape index (κ3) is 2.38. The van der Waals surface area contributed by atoms with E-state index in [0.717, 1.165) is 5.56 Å². The molecule has 0 unspecified atom stereocenters. The van der Waals surface area contributed by atoms with E-state index in [4.69, 9.17) is 0 Å². The zero-order valence-corrected chi connectivity index (χ0v) is 11.3. The average Bonchev–Trinajstić information content (AvgIpc) is 2.87. The Bertz CT molecular complexity index is 838. The fourth-order valence-electron chi connectivity index (χ4n) is 2.03. The van der Waals surface area contributed by atoms with Gasteiger partial charge in [0.15, 0.2) is 11.5 Å². The van der Waals surface area contributed by atoms with Crippen LogP contribution in [0.3, 0.4) is 0 Å². The molecule has 1 N–H and O–H groups in total. The third-order valence-corrected chi connectivity index (χ3v) is 3.04. The molecule has 3 rings (SSSR count). The van der Waals surface area contributed by atoms with Crippen LogP contribution in [-0.2, 0) is 0 Å². The second-order valence-electron chi connectivity index (χ2n) is 4.51. The van der Waals surface area contributed by atoms with Gasteiger partial charge < -0.3 is 5.11 Å². The molecule has 0 saturated carbocycles. The van der Waals surface area contributed by atoms with Gasteiger partial charge in [-0.3, -0.25) is 4.40 Å². The lowest BCUT2D eigenvalue weighted by atomic mass is 10.3. The minimum atomic E-state index is -1.12. The van der Waals surface area contributed by atoms with Gasteiger partial charge in [0, 0.05) is 6.20 Å². The maximum atomic E-state index is 11.3. The first-order valence-corrected chi connectivity index (χ1v) is 6.34. The Kier molecular flexibility index (Phi) is 3.19. The largest absolute Gasteiger partial charge is 0.476 e. The molecular weight excluding hydrogens is 268 g/mol. The van der Waals surface area contributed by atoms with E-state index < -0.39 is 5.97 Å². The summed E-state index contributed by atoms with van der Waals surface area (Å²) in [6, 6.07) is 12.8. The van der Waals surface area contributed by atoms with Crippen molar-refractivity contribution in [3.63, 3.8) is 0 Å². The van der Waals surface area contributed by atoms with E-state index in [1.54, 1.807) is 22.7 Å². The Labute approximate surface area is 120 Å². The number of carboxylic acids is 1. The molecule has 0 amide bonds. The van der Waals surface area contributed by atoms with Gasteiger partial charge in [-0.2, -0.15) is 0 Å². The molecule has 0 saturated heterocycles. The molecule has 2 aromatic heterocycles. The van der Waals surface area contributed by atoms with Crippen LogP contribution in [0.1, 0.15) is 16.1 Å². The number of carboxylic acid groups (broad SMARTS) is 1. The fourth-order valence-corrected chi connectivity index (χ4v) is 2.03. The van der Waals surface area contributed by atoms with E-state index >= 15 is 0 Å². The van der Waals surface area contributed by atoms with Crippen LogP contribution in [0.4, 0.5) is 11.5 Å². The predicted octanol–water partition coefficient (Wildman–Crippen LogP) is 3.76. The highest BCUT2D eigenvalue weighted by Gasteiger charge is 2.18. The zero-order valence-electron chi connectivity index (χ0n) is 11.3. The number of aryl methyl sites for hydroxylation is 1. The number of aromatic carboxylic acids is 1. The van der Waals surface area contributed by atoms with Crippen LogP contribution in [0.25, 0.3) is 5.65 Å². The summed E-state index contributed by atoms with van der Waals surface area (Å²) in [5.74, 6) is -0.912. The van der Waals surface area contributed by atoms with Gasteiger partial charge in [0.1, 0.15) is 5.65 Å². The van der Waals surface area contributed by atoms with Crippen molar-refractivity contribution < 1.29 is 9.90 Å². The molecular formula is C15H12N4O2. The number of rotatable bonds is 3. The van der Waals surface area contributed by atoms with Crippen molar-refractivity contribution >= 4 is 23.1 Å². The Hall–Kier alpha value is -3.02. The van der Waals surface area contributed by atoms with Crippen LogP contribution in [0.15, 0.2) is 58.9 Å². The topological polar surface area (TPSA) is 79.3 Å². The molecule has 0 radical (unpaired) electrons. The van der Waals surface area contributed by atoms with Gasteiger partial charge in [-0.05, 0) is 30.7 Å². The number of hydrogen-bond acceptors (Lipinski definition) is 4. The number of benzene rings is 1. The van der Waals surface area contributed by atoms with Gasteiger partial charge in [-0.25, -0.2) is 9.78 Å². The zero-order chi connectivity index (χ0) is 14.8. The summed E-state index contributed by atoms with van der Waals surface area (Å²) in [5.41, 5.74) is 1.98. The number of nitrogens with zero attached hydrogens (tertiary/aromatic N) is 4. The van der Waals surface area contributed by atoms with E-state index in [-0.39, 0.29) is 11.5 Å². The minimum absolute atomic E-state index is 0.107. The lowest BCUT2D eigenvalue weighted by molar-refractivity contribution is 0.0692. The molecule has 1 aromatic carbocycles. The SMILES string of the molecule is Cc1cccn2c(N=Nc3ccccc3)c(C(=O)O)nc12. The standard InChI is InChI=1S/C15H12N4O2/c1-10-6-5-9-19-13(10)16-12(15(20)21)14(19)18-17-11-7-3-2-4-8-11/h2-9H,1H3,(H,20,21). The van der Waals surface area contributed by atoms with E-state index in [0.29, 0.717) is 11.3 Å². The number of fused-ring (bicyclic) bond motifs is 1. The second kappa shape index (κ2) is 5.16. The quantitative estimate of drug-likeness (QED) is 0.742. The monoisotopic (exact) mass is 280 g/mol. The van der Waals surface area contributed by atoms with E-state index in [1.165, 1.54) is 0 Å². The van der Waals surface area contributed by atoms with Crippen molar-refractivity contribution in [2.75, 3.05) is 0 Å². The molecule has 0 atom stereocenters. The molecule has 6 heteroatoms. The first-order chi connectivity index (χ1) is 10.2. The molecule has 21 heavy (non-hydrogen) atoms. The molecule has 0 spiro atoms. The Morgan fingerprint density at radius 1 is 1.14 bits per heavy atom. The Morgan fingerprint density at radius 3 is 2.62 bits per heavy atom. The molecule has 2 heterocycles. The number of imidazole rings is 1. The number of aromatic nitrogens is 2. The van der Waals surface area contributed by atoms with Gasteiger partial charge in [-0.15, -0.1) is 10.2 Å². The van der Waals surface area contributed by atoms with Crippen molar-refractivity contribution in [2.24, 2.45) is 10.2 Å². The number of pyridine rings is 1. The molecule has 6 nitrogen and oxygen atoms in total. The van der Waals surface area contributed by atoms with Gasteiger partial charge >= 0.3 is 5.97 Å². The van der Waals surface area contributed by atoms with Crippen molar-refractivity contribution in [2.45, 2.75) is 6.92 Å². The smallest absolute Gasteiger partial charge is 0.358 e. The van der Waals surface area contributed by atoms with Crippen LogP contribution in [0.5, 0.6) is 0 Å². The van der Waals surface area contributed by atoms with E-state index in [2.05, 4.69) is 15.2 Å². The summed E-state index contributed by atoms with van der Waals surface area (Å²) in [6.45, 7) is 1.87. The Balaban J connectivity index is 2.16. The fraction of sp³-hybridized carbons (Fsp3) is 0.0667. The van der Waals surface area contributed by atoms with Crippen molar-refractivity contribution in [1.82, 2.24) is 9.38 Å². The van der Waals surface area contributed by atoms with Gasteiger partial charge in [0.05, 0.1) is 5.69 Å². The lowest BCUT2D eigenvalue weighted by Gasteiger charge is -1.98. The maximum Gasteiger partial charge on any atom is 0.358 e. The first-order valence-electron chi connectivity index (χ1n) is 6.34. The van der Waals surface area contributed by atoms with E-state index in [1.807, 2.05) is 37.3 Å². The first kappa shape index (κ1) is 13.0. The Morgan fingerprint density at radius 2 is 1.90 bits per heavy atom. The summed E-state index contributed by atoms with van der Waals surface area (Å²) < 4.78 is 1.63. The van der Waals surface area contributed by atoms with Crippen molar-refractivity contribution in [3.8, 4) is 0 Å². The summed E-state index contributed by atoms with van der Waals surface area (Å²) in [4.78, 5) is 15.5. The van der Waals surface area contributed by atoms with E-state index in [9.17, 15) is 9.90 Å². The highest BCUT2D eigenvalue weighted by molar-refractivity contribution is 5.92. The predicted molar refractivity (Wildman–Crippen MR) is 77.5 cm³/mol. The molecule has 0 bridgehead atoms. The summed E-state index contributed by atoms with van der Waals surface area (Å²) in [7, 11) is 0. The maximum absolute atomic E-state index is 11.3. The molecule has 0 fully saturated rings.